The monoisotopic (exact) mass is 485 g/mol. The molecule has 1 heterocycles. The third kappa shape index (κ3) is 7.25. The molecule has 0 bridgehead atoms. The SMILES string of the molecule is COc1cc(C(=O)NNC(=O)CCc2ncc(-c3ccc(Cl)cc3)o2)ccc1OCCC(C)C. The molecule has 0 saturated carbocycles. The number of hydrazine groups is 1. The third-order valence-electron chi connectivity index (χ3n) is 4.94. The zero-order valence-electron chi connectivity index (χ0n) is 19.4. The average molecular weight is 486 g/mol. The fourth-order valence-corrected chi connectivity index (χ4v) is 3.11. The number of benzene rings is 2. The van der Waals surface area contributed by atoms with E-state index in [1.54, 1.807) is 36.5 Å². The van der Waals surface area contributed by atoms with Crippen molar-refractivity contribution in [2.75, 3.05) is 13.7 Å². The fraction of sp³-hybridized carbons (Fsp3) is 0.320. The van der Waals surface area contributed by atoms with Crippen LogP contribution in [0.25, 0.3) is 11.3 Å². The molecule has 9 heteroatoms. The fourth-order valence-electron chi connectivity index (χ4n) is 2.99. The van der Waals surface area contributed by atoms with E-state index in [1.165, 1.54) is 7.11 Å². The number of ether oxygens (including phenoxy) is 2. The van der Waals surface area contributed by atoms with Crippen LogP contribution in [0.4, 0.5) is 0 Å². The molecule has 1 aromatic heterocycles. The maximum absolute atomic E-state index is 12.4. The third-order valence-corrected chi connectivity index (χ3v) is 5.19. The Kier molecular flexibility index (Phi) is 8.93. The van der Waals surface area contributed by atoms with Gasteiger partial charge in [0.15, 0.2) is 23.1 Å². The first-order valence-electron chi connectivity index (χ1n) is 11.0. The first kappa shape index (κ1) is 25.1. The van der Waals surface area contributed by atoms with E-state index in [2.05, 4.69) is 29.7 Å². The highest BCUT2D eigenvalue weighted by molar-refractivity contribution is 6.30. The molecule has 0 fully saturated rings. The van der Waals surface area contributed by atoms with Crippen LogP contribution in [-0.2, 0) is 11.2 Å². The van der Waals surface area contributed by atoms with Gasteiger partial charge in [0, 0.05) is 29.0 Å². The van der Waals surface area contributed by atoms with Crippen LogP contribution in [-0.4, -0.2) is 30.5 Å². The number of aromatic nitrogens is 1. The highest BCUT2D eigenvalue weighted by Crippen LogP contribution is 2.28. The molecule has 0 unspecified atom stereocenters. The highest BCUT2D eigenvalue weighted by atomic mass is 35.5. The molecule has 180 valence electrons. The lowest BCUT2D eigenvalue weighted by Crippen LogP contribution is -2.41. The smallest absolute Gasteiger partial charge is 0.269 e. The second kappa shape index (κ2) is 12.1. The number of methoxy groups -OCH3 is 1. The van der Waals surface area contributed by atoms with Crippen LogP contribution in [0.2, 0.25) is 5.02 Å². The number of halogens is 1. The minimum absolute atomic E-state index is 0.0901. The molecule has 8 nitrogen and oxygen atoms in total. The number of aryl methyl sites for hydroxylation is 1. The summed E-state index contributed by atoms with van der Waals surface area (Å²) in [4.78, 5) is 28.8. The van der Waals surface area contributed by atoms with Crippen molar-refractivity contribution >= 4 is 23.4 Å². The minimum atomic E-state index is -0.471. The zero-order chi connectivity index (χ0) is 24.5. The quantitative estimate of drug-likeness (QED) is 0.399. The van der Waals surface area contributed by atoms with Crippen molar-refractivity contribution in [2.24, 2.45) is 5.92 Å². The van der Waals surface area contributed by atoms with E-state index in [1.807, 2.05) is 12.1 Å². The van der Waals surface area contributed by atoms with Gasteiger partial charge in [-0.25, -0.2) is 4.98 Å². The molecular weight excluding hydrogens is 458 g/mol. The van der Waals surface area contributed by atoms with Gasteiger partial charge in [0.2, 0.25) is 5.91 Å². The van der Waals surface area contributed by atoms with E-state index in [0.717, 1.165) is 12.0 Å². The predicted octanol–water partition coefficient (Wildman–Crippen LogP) is 4.82. The van der Waals surface area contributed by atoms with Gasteiger partial charge >= 0.3 is 0 Å². The van der Waals surface area contributed by atoms with E-state index in [0.29, 0.717) is 46.3 Å². The Labute approximate surface area is 203 Å². The van der Waals surface area contributed by atoms with Crippen molar-refractivity contribution in [3.63, 3.8) is 0 Å². The Hall–Kier alpha value is -3.52. The second-order valence-electron chi connectivity index (χ2n) is 8.02. The van der Waals surface area contributed by atoms with Crippen molar-refractivity contribution in [3.8, 4) is 22.8 Å². The van der Waals surface area contributed by atoms with Crippen LogP contribution < -0.4 is 20.3 Å². The van der Waals surface area contributed by atoms with Crippen LogP contribution in [0.15, 0.2) is 53.1 Å². The van der Waals surface area contributed by atoms with Crippen LogP contribution >= 0.6 is 11.6 Å². The van der Waals surface area contributed by atoms with Crippen molar-refractivity contribution < 1.29 is 23.5 Å². The van der Waals surface area contributed by atoms with Crippen molar-refractivity contribution in [3.05, 3.63) is 65.1 Å². The molecule has 0 aliphatic heterocycles. The molecule has 0 atom stereocenters. The van der Waals surface area contributed by atoms with E-state index in [4.69, 9.17) is 25.5 Å². The Morgan fingerprint density at radius 2 is 1.85 bits per heavy atom. The van der Waals surface area contributed by atoms with Gasteiger partial charge in [-0.3, -0.25) is 20.4 Å². The molecule has 2 amide bonds. The maximum atomic E-state index is 12.4. The number of hydrogen-bond donors (Lipinski definition) is 2. The number of oxazole rings is 1. The number of carbonyl (C=O) groups excluding carboxylic acids is 2. The van der Waals surface area contributed by atoms with E-state index in [9.17, 15) is 9.59 Å². The summed E-state index contributed by atoms with van der Waals surface area (Å²) >= 11 is 5.90. The van der Waals surface area contributed by atoms with Crippen LogP contribution in [0.1, 0.15) is 42.9 Å². The summed E-state index contributed by atoms with van der Waals surface area (Å²) in [5, 5.41) is 0.631. The summed E-state index contributed by atoms with van der Waals surface area (Å²) in [5.74, 6) is 1.70. The number of nitrogens with one attached hydrogen (secondary N) is 2. The van der Waals surface area contributed by atoms with Crippen molar-refractivity contribution in [1.82, 2.24) is 15.8 Å². The van der Waals surface area contributed by atoms with Crippen molar-refractivity contribution in [2.45, 2.75) is 33.1 Å². The lowest BCUT2D eigenvalue weighted by molar-refractivity contribution is -0.121. The topological polar surface area (TPSA) is 103 Å². The highest BCUT2D eigenvalue weighted by Gasteiger charge is 2.13. The average Bonchev–Trinajstić information content (AvgIpc) is 3.30. The van der Waals surface area contributed by atoms with Gasteiger partial charge in [-0.05, 0) is 54.8 Å². The van der Waals surface area contributed by atoms with Gasteiger partial charge in [-0.15, -0.1) is 0 Å². The molecule has 0 aliphatic carbocycles. The van der Waals surface area contributed by atoms with Gasteiger partial charge in [0.25, 0.3) is 5.91 Å². The van der Waals surface area contributed by atoms with Crippen LogP contribution in [0, 0.1) is 5.92 Å². The number of rotatable bonds is 10. The number of amides is 2. The standard InChI is InChI=1S/C25H28ClN3O5/c1-16(2)12-13-33-20-9-6-18(14-21(20)32-3)25(31)29-28-23(30)10-11-24-27-15-22(34-24)17-4-7-19(26)8-5-17/h4-9,14-16H,10-13H2,1-3H3,(H,28,30)(H,29,31). The van der Waals surface area contributed by atoms with Gasteiger partial charge in [0.1, 0.15) is 0 Å². The molecule has 3 rings (SSSR count). The van der Waals surface area contributed by atoms with E-state index >= 15 is 0 Å². The second-order valence-corrected chi connectivity index (χ2v) is 8.46. The summed E-state index contributed by atoms with van der Waals surface area (Å²) in [6.07, 6.45) is 2.88. The lowest BCUT2D eigenvalue weighted by Gasteiger charge is -2.13. The largest absolute Gasteiger partial charge is 0.493 e. The summed E-state index contributed by atoms with van der Waals surface area (Å²) in [6, 6.07) is 12.0. The van der Waals surface area contributed by atoms with Crippen LogP contribution in [0.5, 0.6) is 11.5 Å². The number of carbonyl (C=O) groups is 2. The first-order valence-corrected chi connectivity index (χ1v) is 11.3. The molecule has 0 radical (unpaired) electrons. The molecule has 3 aromatic rings. The zero-order valence-corrected chi connectivity index (χ0v) is 20.1. The number of nitrogens with zero attached hydrogens (tertiary/aromatic N) is 1. The molecule has 0 aliphatic rings. The molecule has 2 aromatic carbocycles. The maximum Gasteiger partial charge on any atom is 0.269 e. The Morgan fingerprint density at radius 1 is 1.09 bits per heavy atom. The van der Waals surface area contributed by atoms with Gasteiger partial charge in [-0.2, -0.15) is 0 Å². The normalized spacial score (nSPS) is 10.7. The Balaban J connectivity index is 1.47. The van der Waals surface area contributed by atoms with Crippen molar-refractivity contribution in [1.29, 1.82) is 0 Å². The van der Waals surface area contributed by atoms with Gasteiger partial charge in [-0.1, -0.05) is 25.4 Å². The molecule has 2 N–H and O–H groups in total. The van der Waals surface area contributed by atoms with E-state index in [-0.39, 0.29) is 18.7 Å². The lowest BCUT2D eigenvalue weighted by atomic mass is 10.1. The summed E-state index contributed by atoms with van der Waals surface area (Å²) in [5.41, 5.74) is 5.97. The first-order chi connectivity index (χ1) is 16.4. The molecule has 0 saturated heterocycles. The number of hydrogen-bond acceptors (Lipinski definition) is 6. The summed E-state index contributed by atoms with van der Waals surface area (Å²) < 4.78 is 16.7. The van der Waals surface area contributed by atoms with Crippen LogP contribution in [0.3, 0.4) is 0 Å². The molecular formula is C25H28ClN3O5. The molecule has 34 heavy (non-hydrogen) atoms. The predicted molar refractivity (Wildman–Crippen MR) is 129 cm³/mol. The van der Waals surface area contributed by atoms with Gasteiger partial charge in [0.05, 0.1) is 19.9 Å². The molecule has 0 spiro atoms. The minimum Gasteiger partial charge on any atom is -0.493 e. The summed E-state index contributed by atoms with van der Waals surface area (Å²) in [7, 11) is 1.51. The Bertz CT molecular complexity index is 1110. The van der Waals surface area contributed by atoms with E-state index < -0.39 is 5.91 Å². The van der Waals surface area contributed by atoms with Gasteiger partial charge < -0.3 is 13.9 Å². The Morgan fingerprint density at radius 3 is 2.56 bits per heavy atom. The summed E-state index contributed by atoms with van der Waals surface area (Å²) in [6.45, 7) is 4.79.